The SMILES string of the molecule is Cc1ccc(CSc2nnc(NC(=O)COc3ccc(I)cc3)s2)cc1. The topological polar surface area (TPSA) is 64.1 Å². The van der Waals surface area contributed by atoms with Crippen LogP contribution in [-0.4, -0.2) is 22.7 Å². The van der Waals surface area contributed by atoms with Crippen LogP contribution in [0.4, 0.5) is 5.13 Å². The number of anilines is 1. The third-order valence-corrected chi connectivity index (χ3v) is 6.08. The number of rotatable bonds is 7. The number of aromatic nitrogens is 2. The Labute approximate surface area is 173 Å². The number of carbonyl (C=O) groups excluding carboxylic acids is 1. The van der Waals surface area contributed by atoms with Crippen LogP contribution in [0, 0.1) is 10.5 Å². The minimum absolute atomic E-state index is 0.0635. The summed E-state index contributed by atoms with van der Waals surface area (Å²) >= 11 is 5.18. The zero-order valence-corrected chi connectivity index (χ0v) is 17.7. The molecular weight excluding hydrogens is 481 g/mol. The summed E-state index contributed by atoms with van der Waals surface area (Å²) in [6.07, 6.45) is 0. The van der Waals surface area contributed by atoms with E-state index in [0.717, 1.165) is 13.7 Å². The van der Waals surface area contributed by atoms with E-state index in [1.165, 1.54) is 22.5 Å². The molecule has 0 bridgehead atoms. The van der Waals surface area contributed by atoms with Gasteiger partial charge < -0.3 is 4.74 Å². The zero-order valence-electron chi connectivity index (χ0n) is 13.9. The summed E-state index contributed by atoms with van der Waals surface area (Å²) in [5.41, 5.74) is 2.47. The number of benzene rings is 2. The summed E-state index contributed by atoms with van der Waals surface area (Å²) in [5.74, 6) is 1.22. The molecule has 0 saturated heterocycles. The van der Waals surface area contributed by atoms with Crippen LogP contribution in [0.2, 0.25) is 0 Å². The summed E-state index contributed by atoms with van der Waals surface area (Å²) in [5, 5.41) is 11.3. The first kappa shape index (κ1) is 19.1. The third-order valence-electron chi connectivity index (χ3n) is 3.32. The van der Waals surface area contributed by atoms with Crippen molar-refractivity contribution >= 4 is 56.7 Å². The Hall–Kier alpha value is -1.65. The maximum absolute atomic E-state index is 12.0. The predicted octanol–water partition coefficient (Wildman–Crippen LogP) is 4.76. The molecule has 3 aromatic rings. The van der Waals surface area contributed by atoms with Crippen LogP contribution in [-0.2, 0) is 10.5 Å². The first-order valence-corrected chi connectivity index (χ1v) is 10.7. The van der Waals surface area contributed by atoms with Gasteiger partial charge in [-0.2, -0.15) is 0 Å². The number of amides is 1. The highest BCUT2D eigenvalue weighted by atomic mass is 127. The van der Waals surface area contributed by atoms with Gasteiger partial charge in [0.1, 0.15) is 5.75 Å². The molecule has 0 aliphatic heterocycles. The summed E-state index contributed by atoms with van der Waals surface area (Å²) < 4.78 is 7.39. The van der Waals surface area contributed by atoms with Crippen molar-refractivity contribution in [2.24, 2.45) is 0 Å². The molecule has 1 aromatic heterocycles. The fourth-order valence-electron chi connectivity index (χ4n) is 1.98. The molecule has 0 aliphatic rings. The molecule has 0 aliphatic carbocycles. The monoisotopic (exact) mass is 497 g/mol. The van der Waals surface area contributed by atoms with E-state index in [1.807, 2.05) is 24.3 Å². The number of hydrogen-bond acceptors (Lipinski definition) is 6. The Balaban J connectivity index is 1.45. The lowest BCUT2D eigenvalue weighted by molar-refractivity contribution is -0.118. The fourth-order valence-corrected chi connectivity index (χ4v) is 4.07. The molecule has 5 nitrogen and oxygen atoms in total. The number of aryl methyl sites for hydroxylation is 1. The van der Waals surface area contributed by atoms with Crippen molar-refractivity contribution in [1.29, 1.82) is 0 Å². The van der Waals surface area contributed by atoms with Gasteiger partial charge in [-0.05, 0) is 59.3 Å². The third kappa shape index (κ3) is 5.96. The minimum Gasteiger partial charge on any atom is -0.484 e. The minimum atomic E-state index is -0.255. The normalized spacial score (nSPS) is 10.5. The maximum Gasteiger partial charge on any atom is 0.264 e. The number of ether oxygens (including phenoxy) is 1. The Morgan fingerprint density at radius 2 is 1.88 bits per heavy atom. The van der Waals surface area contributed by atoms with Crippen molar-refractivity contribution in [3.05, 3.63) is 63.2 Å². The van der Waals surface area contributed by atoms with Gasteiger partial charge in [0.05, 0.1) is 0 Å². The highest BCUT2D eigenvalue weighted by molar-refractivity contribution is 14.1. The summed E-state index contributed by atoms with van der Waals surface area (Å²) in [6, 6.07) is 15.9. The molecule has 134 valence electrons. The molecular formula is C18H16IN3O2S2. The van der Waals surface area contributed by atoms with Gasteiger partial charge in [0.25, 0.3) is 5.91 Å². The van der Waals surface area contributed by atoms with E-state index < -0.39 is 0 Å². The van der Waals surface area contributed by atoms with Gasteiger partial charge in [-0.1, -0.05) is 52.9 Å². The number of halogens is 1. The molecule has 1 heterocycles. The van der Waals surface area contributed by atoms with Gasteiger partial charge in [-0.3, -0.25) is 10.1 Å². The Morgan fingerprint density at radius 3 is 2.62 bits per heavy atom. The van der Waals surface area contributed by atoms with Crippen molar-refractivity contribution in [3.63, 3.8) is 0 Å². The summed E-state index contributed by atoms with van der Waals surface area (Å²) in [6.45, 7) is 2.00. The second-order valence-electron chi connectivity index (χ2n) is 5.44. The highest BCUT2D eigenvalue weighted by Crippen LogP contribution is 2.28. The second-order valence-corrected chi connectivity index (χ2v) is 8.88. The van der Waals surface area contributed by atoms with Gasteiger partial charge in [-0.25, -0.2) is 0 Å². The van der Waals surface area contributed by atoms with Crippen LogP contribution in [0.1, 0.15) is 11.1 Å². The number of nitrogens with one attached hydrogen (secondary N) is 1. The van der Waals surface area contributed by atoms with E-state index >= 15 is 0 Å². The van der Waals surface area contributed by atoms with Gasteiger partial charge in [0, 0.05) is 9.32 Å². The standard InChI is InChI=1S/C18H16IN3O2S2/c1-12-2-4-13(5-3-12)11-25-18-22-21-17(26-18)20-16(23)10-24-15-8-6-14(19)7-9-15/h2-9H,10-11H2,1H3,(H,20,21,23). The zero-order chi connectivity index (χ0) is 18.4. The van der Waals surface area contributed by atoms with Crippen molar-refractivity contribution in [1.82, 2.24) is 10.2 Å². The van der Waals surface area contributed by atoms with Crippen LogP contribution < -0.4 is 10.1 Å². The lowest BCUT2D eigenvalue weighted by Gasteiger charge is -2.05. The Morgan fingerprint density at radius 1 is 1.15 bits per heavy atom. The second kappa shape index (κ2) is 9.33. The molecule has 1 N–H and O–H groups in total. The van der Waals surface area contributed by atoms with Crippen LogP contribution >= 0.6 is 45.7 Å². The molecule has 26 heavy (non-hydrogen) atoms. The molecule has 3 rings (SSSR count). The van der Waals surface area contributed by atoms with Gasteiger partial charge >= 0.3 is 0 Å². The Kier molecular flexibility index (Phi) is 6.86. The molecule has 0 atom stereocenters. The van der Waals surface area contributed by atoms with Gasteiger partial charge in [0.15, 0.2) is 10.9 Å². The van der Waals surface area contributed by atoms with Crippen LogP contribution in [0.5, 0.6) is 5.75 Å². The molecule has 0 spiro atoms. The molecule has 1 amide bonds. The predicted molar refractivity (Wildman–Crippen MR) is 114 cm³/mol. The maximum atomic E-state index is 12.0. The smallest absolute Gasteiger partial charge is 0.264 e. The van der Waals surface area contributed by atoms with E-state index in [9.17, 15) is 4.79 Å². The molecule has 0 unspecified atom stereocenters. The molecule has 0 saturated carbocycles. The quantitative estimate of drug-likeness (QED) is 0.290. The number of carbonyl (C=O) groups is 1. The van der Waals surface area contributed by atoms with E-state index in [-0.39, 0.29) is 12.5 Å². The van der Waals surface area contributed by atoms with E-state index in [0.29, 0.717) is 10.9 Å². The lowest BCUT2D eigenvalue weighted by Crippen LogP contribution is -2.20. The fraction of sp³-hybridized carbons (Fsp3) is 0.167. The van der Waals surface area contributed by atoms with E-state index in [4.69, 9.17) is 4.74 Å². The molecule has 0 radical (unpaired) electrons. The molecule has 8 heteroatoms. The summed E-state index contributed by atoms with van der Waals surface area (Å²) in [7, 11) is 0. The van der Waals surface area contributed by atoms with Crippen molar-refractivity contribution in [2.45, 2.75) is 17.0 Å². The number of hydrogen-bond donors (Lipinski definition) is 1. The van der Waals surface area contributed by atoms with E-state index in [1.54, 1.807) is 11.8 Å². The summed E-state index contributed by atoms with van der Waals surface area (Å²) in [4.78, 5) is 12.0. The lowest BCUT2D eigenvalue weighted by atomic mass is 10.2. The van der Waals surface area contributed by atoms with Crippen molar-refractivity contribution < 1.29 is 9.53 Å². The van der Waals surface area contributed by atoms with Gasteiger partial charge in [0.2, 0.25) is 5.13 Å². The molecule has 2 aromatic carbocycles. The molecule has 0 fully saturated rings. The first-order valence-electron chi connectivity index (χ1n) is 7.78. The van der Waals surface area contributed by atoms with Crippen molar-refractivity contribution in [3.8, 4) is 5.75 Å². The highest BCUT2D eigenvalue weighted by Gasteiger charge is 2.09. The average Bonchev–Trinajstić information content (AvgIpc) is 3.08. The van der Waals surface area contributed by atoms with Crippen LogP contribution in [0.3, 0.4) is 0 Å². The van der Waals surface area contributed by atoms with Crippen LogP contribution in [0.25, 0.3) is 0 Å². The average molecular weight is 497 g/mol. The van der Waals surface area contributed by atoms with Crippen LogP contribution in [0.15, 0.2) is 52.9 Å². The number of nitrogens with zero attached hydrogens (tertiary/aromatic N) is 2. The first-order chi connectivity index (χ1) is 12.6. The van der Waals surface area contributed by atoms with E-state index in [2.05, 4.69) is 69.3 Å². The number of thioether (sulfide) groups is 1. The van der Waals surface area contributed by atoms with Gasteiger partial charge in [-0.15, -0.1) is 10.2 Å². The Bertz CT molecular complexity index is 867. The largest absolute Gasteiger partial charge is 0.484 e. The van der Waals surface area contributed by atoms with Crippen molar-refractivity contribution in [2.75, 3.05) is 11.9 Å².